The molecule has 0 aliphatic rings. The SMILES string of the molecule is O=c1c2ccccc2nc(-c2cc3cc(Br)ccc3o2)n1N=Cc1cc(Cl)cc([N+](=O)[O-])c1OCc1ccc(Br)cc1. The van der Waals surface area contributed by atoms with E-state index in [-0.39, 0.29) is 34.5 Å². The van der Waals surface area contributed by atoms with Gasteiger partial charge in [-0.25, -0.2) is 4.98 Å². The van der Waals surface area contributed by atoms with Crippen molar-refractivity contribution in [3.63, 3.8) is 0 Å². The maximum atomic E-state index is 13.7. The van der Waals surface area contributed by atoms with Gasteiger partial charge in [-0.2, -0.15) is 9.78 Å². The maximum absolute atomic E-state index is 13.7. The minimum Gasteiger partial charge on any atom is -0.481 e. The van der Waals surface area contributed by atoms with Crippen molar-refractivity contribution in [1.82, 2.24) is 9.66 Å². The molecular formula is C30H17Br2ClN4O5. The molecule has 0 amide bonds. The van der Waals surface area contributed by atoms with Crippen LogP contribution in [0, 0.1) is 10.1 Å². The molecule has 9 nitrogen and oxygen atoms in total. The molecule has 0 atom stereocenters. The van der Waals surface area contributed by atoms with Crippen LogP contribution >= 0.6 is 43.5 Å². The number of hydrogen-bond donors (Lipinski definition) is 0. The fraction of sp³-hybridized carbons (Fsp3) is 0.0333. The summed E-state index contributed by atoms with van der Waals surface area (Å²) in [4.78, 5) is 29.7. The van der Waals surface area contributed by atoms with Crippen LogP contribution in [0.5, 0.6) is 5.75 Å². The number of ether oxygens (including phenoxy) is 1. The predicted molar refractivity (Wildman–Crippen MR) is 168 cm³/mol. The molecule has 6 aromatic rings. The molecule has 4 aromatic carbocycles. The zero-order valence-corrected chi connectivity index (χ0v) is 25.3. The number of fused-ring (bicyclic) bond motifs is 2. The third-order valence-corrected chi connectivity index (χ3v) is 7.56. The lowest BCUT2D eigenvalue weighted by Gasteiger charge is -2.11. The monoisotopic (exact) mass is 706 g/mol. The summed E-state index contributed by atoms with van der Waals surface area (Å²) in [5.74, 6) is 0.413. The lowest BCUT2D eigenvalue weighted by molar-refractivity contribution is -0.385. The lowest BCUT2D eigenvalue weighted by atomic mass is 10.2. The second-order valence-electron chi connectivity index (χ2n) is 9.12. The van der Waals surface area contributed by atoms with Crippen molar-refractivity contribution in [1.29, 1.82) is 0 Å². The average molecular weight is 709 g/mol. The topological polar surface area (TPSA) is 113 Å². The summed E-state index contributed by atoms with van der Waals surface area (Å²) in [6.07, 6.45) is 1.29. The number of nitrogens with zero attached hydrogens (tertiary/aromatic N) is 4. The molecule has 0 saturated carbocycles. The van der Waals surface area contributed by atoms with E-state index in [4.69, 9.17) is 20.8 Å². The second kappa shape index (κ2) is 11.5. The van der Waals surface area contributed by atoms with E-state index in [1.165, 1.54) is 18.3 Å². The molecule has 0 unspecified atom stereocenters. The van der Waals surface area contributed by atoms with Crippen molar-refractivity contribution in [2.75, 3.05) is 0 Å². The van der Waals surface area contributed by atoms with Crippen LogP contribution in [0.2, 0.25) is 5.02 Å². The lowest BCUT2D eigenvalue weighted by Crippen LogP contribution is -2.20. The number of halogens is 3. The summed E-state index contributed by atoms with van der Waals surface area (Å²) >= 11 is 13.1. The van der Waals surface area contributed by atoms with Gasteiger partial charge in [-0.3, -0.25) is 14.9 Å². The normalized spacial score (nSPS) is 11.5. The summed E-state index contributed by atoms with van der Waals surface area (Å²) in [7, 11) is 0. The fourth-order valence-electron chi connectivity index (χ4n) is 4.36. The Hall–Kier alpha value is -4.32. The summed E-state index contributed by atoms with van der Waals surface area (Å²) in [6.45, 7) is 0.0495. The molecule has 0 spiro atoms. The first-order valence-corrected chi connectivity index (χ1v) is 14.3. The molecule has 208 valence electrons. The minimum atomic E-state index is -0.581. The fourth-order valence-corrected chi connectivity index (χ4v) is 5.22. The standard InChI is InChI=1S/C30H17Br2ClN4O5/c31-20-7-5-17(6-8-20)16-41-28-19(12-22(33)14-25(28)37(39)40)15-34-36-29(35-24-4-2-1-3-23(24)30(36)38)27-13-18-11-21(32)9-10-26(18)42-27/h1-15H,16H2. The molecule has 0 N–H and O–H groups in total. The van der Waals surface area contributed by atoms with Crippen molar-refractivity contribution in [3.05, 3.63) is 130 Å². The Morgan fingerprint density at radius 1 is 1.02 bits per heavy atom. The number of nitro groups is 1. The Kier molecular flexibility index (Phi) is 7.63. The van der Waals surface area contributed by atoms with Crippen LogP contribution in [0.3, 0.4) is 0 Å². The number of aromatic nitrogens is 2. The summed E-state index contributed by atoms with van der Waals surface area (Å²) < 4.78 is 14.8. The van der Waals surface area contributed by atoms with Crippen molar-refractivity contribution in [2.45, 2.75) is 6.61 Å². The van der Waals surface area contributed by atoms with Crippen LogP contribution in [0.4, 0.5) is 5.69 Å². The Balaban J connectivity index is 1.49. The Labute approximate surface area is 259 Å². The first-order valence-electron chi connectivity index (χ1n) is 12.4. The van der Waals surface area contributed by atoms with Gasteiger partial charge in [0.1, 0.15) is 12.2 Å². The molecule has 42 heavy (non-hydrogen) atoms. The van der Waals surface area contributed by atoms with Gasteiger partial charge >= 0.3 is 5.69 Å². The molecule has 6 rings (SSSR count). The summed E-state index contributed by atoms with van der Waals surface area (Å²) in [6, 6.07) is 24.2. The highest BCUT2D eigenvalue weighted by molar-refractivity contribution is 9.10. The molecule has 2 heterocycles. The van der Waals surface area contributed by atoms with Crippen molar-refractivity contribution >= 4 is 77.2 Å². The zero-order chi connectivity index (χ0) is 29.4. The van der Waals surface area contributed by atoms with Crippen LogP contribution in [0.1, 0.15) is 11.1 Å². The van der Waals surface area contributed by atoms with Crippen LogP contribution in [0.15, 0.2) is 108 Å². The van der Waals surface area contributed by atoms with Gasteiger partial charge in [0, 0.05) is 31.0 Å². The van der Waals surface area contributed by atoms with Gasteiger partial charge in [0.05, 0.1) is 22.0 Å². The molecule has 0 radical (unpaired) electrons. The Morgan fingerprint density at radius 2 is 1.79 bits per heavy atom. The average Bonchev–Trinajstić information content (AvgIpc) is 3.39. The van der Waals surface area contributed by atoms with E-state index >= 15 is 0 Å². The maximum Gasteiger partial charge on any atom is 0.313 e. The third-order valence-electron chi connectivity index (χ3n) is 6.32. The highest BCUT2D eigenvalue weighted by Gasteiger charge is 2.22. The van der Waals surface area contributed by atoms with Crippen LogP contribution < -0.4 is 10.3 Å². The first kappa shape index (κ1) is 27.8. The van der Waals surface area contributed by atoms with E-state index in [9.17, 15) is 14.9 Å². The van der Waals surface area contributed by atoms with E-state index in [0.29, 0.717) is 22.2 Å². The zero-order valence-electron chi connectivity index (χ0n) is 21.3. The van der Waals surface area contributed by atoms with Crippen LogP contribution in [-0.4, -0.2) is 20.8 Å². The van der Waals surface area contributed by atoms with E-state index < -0.39 is 10.5 Å². The molecular weight excluding hydrogens is 692 g/mol. The largest absolute Gasteiger partial charge is 0.481 e. The van der Waals surface area contributed by atoms with Crippen LogP contribution in [0.25, 0.3) is 33.5 Å². The van der Waals surface area contributed by atoms with E-state index in [1.54, 1.807) is 36.4 Å². The molecule has 0 bridgehead atoms. The summed E-state index contributed by atoms with van der Waals surface area (Å²) in [5.41, 5.74) is 1.25. The quantitative estimate of drug-likeness (QED) is 0.0936. The first-order chi connectivity index (χ1) is 20.3. The van der Waals surface area contributed by atoms with Gasteiger partial charge in [0.15, 0.2) is 5.76 Å². The van der Waals surface area contributed by atoms with Gasteiger partial charge in [0.25, 0.3) is 5.56 Å². The highest BCUT2D eigenvalue weighted by atomic mass is 79.9. The molecule has 0 aliphatic heterocycles. The van der Waals surface area contributed by atoms with E-state index in [0.717, 1.165) is 24.6 Å². The third kappa shape index (κ3) is 5.58. The predicted octanol–water partition coefficient (Wildman–Crippen LogP) is 8.36. The van der Waals surface area contributed by atoms with Crippen molar-refractivity contribution in [2.24, 2.45) is 5.10 Å². The van der Waals surface area contributed by atoms with Crippen molar-refractivity contribution < 1.29 is 14.1 Å². The number of para-hydroxylation sites is 1. The summed E-state index contributed by atoms with van der Waals surface area (Å²) in [5, 5.41) is 17.6. The number of hydrogen-bond acceptors (Lipinski definition) is 7. The minimum absolute atomic E-state index is 0.0481. The molecule has 0 saturated heterocycles. The number of benzene rings is 4. The van der Waals surface area contributed by atoms with Gasteiger partial charge in [0.2, 0.25) is 11.6 Å². The number of rotatable bonds is 7. The number of nitro benzene ring substituents is 1. The smallest absolute Gasteiger partial charge is 0.313 e. The number of furan rings is 1. The van der Waals surface area contributed by atoms with Gasteiger partial charge in [-0.05, 0) is 60.2 Å². The van der Waals surface area contributed by atoms with Gasteiger partial charge < -0.3 is 9.15 Å². The van der Waals surface area contributed by atoms with E-state index in [2.05, 4.69) is 41.9 Å². The van der Waals surface area contributed by atoms with Gasteiger partial charge in [-0.15, -0.1) is 0 Å². The molecule has 12 heteroatoms. The Morgan fingerprint density at radius 3 is 2.57 bits per heavy atom. The highest BCUT2D eigenvalue weighted by Crippen LogP contribution is 2.35. The molecule has 0 aliphatic carbocycles. The van der Waals surface area contributed by atoms with Crippen molar-refractivity contribution in [3.8, 4) is 17.3 Å². The van der Waals surface area contributed by atoms with Gasteiger partial charge in [-0.1, -0.05) is 67.7 Å². The Bertz CT molecular complexity index is 2090. The second-order valence-corrected chi connectivity index (χ2v) is 11.4. The van der Waals surface area contributed by atoms with E-state index in [1.807, 2.05) is 36.4 Å². The molecule has 2 aromatic heterocycles. The molecule has 0 fully saturated rings. The van der Waals surface area contributed by atoms with Crippen LogP contribution in [-0.2, 0) is 6.61 Å².